The van der Waals surface area contributed by atoms with Crippen molar-refractivity contribution >= 4 is 17.3 Å². The lowest BCUT2D eigenvalue weighted by Crippen LogP contribution is -2.44. The molecule has 0 N–H and O–H groups in total. The topological polar surface area (TPSA) is 38.1 Å². The Kier molecular flexibility index (Phi) is 2.45. The second kappa shape index (κ2) is 4.17. The molecule has 2 aromatic rings. The standard InChI is InChI=1S/C15H17N3O/c19-10-11-4-5-14-13(8-11)16-15-9-17(6-7-18(14)15)12-2-1-3-12/h4-5,8,10,12H,1-3,6-7,9H2. The van der Waals surface area contributed by atoms with Crippen LogP contribution in [0.4, 0.5) is 0 Å². The van der Waals surface area contributed by atoms with Crippen molar-refractivity contribution < 1.29 is 4.79 Å². The van der Waals surface area contributed by atoms with Crippen molar-refractivity contribution in [1.82, 2.24) is 14.5 Å². The Bertz CT molecular complexity index is 642. The van der Waals surface area contributed by atoms with Crippen LogP contribution in [0.5, 0.6) is 0 Å². The lowest BCUT2D eigenvalue weighted by atomic mass is 9.91. The molecule has 0 amide bonds. The van der Waals surface area contributed by atoms with Gasteiger partial charge < -0.3 is 4.57 Å². The van der Waals surface area contributed by atoms with Crippen LogP contribution in [-0.2, 0) is 13.1 Å². The molecule has 1 aromatic heterocycles. The molecule has 4 nitrogen and oxygen atoms in total. The van der Waals surface area contributed by atoms with E-state index in [1.54, 1.807) is 0 Å². The van der Waals surface area contributed by atoms with Crippen LogP contribution in [0.2, 0.25) is 0 Å². The Morgan fingerprint density at radius 1 is 1.26 bits per heavy atom. The maximum absolute atomic E-state index is 10.8. The van der Waals surface area contributed by atoms with Gasteiger partial charge in [-0.2, -0.15) is 0 Å². The number of hydrogen-bond donors (Lipinski definition) is 0. The summed E-state index contributed by atoms with van der Waals surface area (Å²) in [4.78, 5) is 18.1. The van der Waals surface area contributed by atoms with E-state index in [0.717, 1.165) is 48.8 Å². The summed E-state index contributed by atoms with van der Waals surface area (Å²) in [6.07, 6.45) is 4.95. The molecule has 0 spiro atoms. The van der Waals surface area contributed by atoms with E-state index in [2.05, 4.69) is 9.47 Å². The number of rotatable bonds is 2. The maximum Gasteiger partial charge on any atom is 0.150 e. The van der Waals surface area contributed by atoms with E-state index in [1.165, 1.54) is 19.3 Å². The molecule has 1 fully saturated rings. The van der Waals surface area contributed by atoms with Crippen LogP contribution in [0.1, 0.15) is 35.4 Å². The van der Waals surface area contributed by atoms with Gasteiger partial charge in [0.25, 0.3) is 0 Å². The zero-order valence-electron chi connectivity index (χ0n) is 10.9. The average Bonchev–Trinajstić information content (AvgIpc) is 2.73. The number of aromatic nitrogens is 2. The third kappa shape index (κ3) is 1.70. The predicted molar refractivity (Wildman–Crippen MR) is 73.2 cm³/mol. The molecule has 1 aromatic carbocycles. The van der Waals surface area contributed by atoms with Crippen LogP contribution in [0.15, 0.2) is 18.2 Å². The second-order valence-corrected chi connectivity index (χ2v) is 5.60. The maximum atomic E-state index is 10.8. The number of carbonyl (C=O) groups excluding carboxylic acids is 1. The molecule has 0 atom stereocenters. The minimum absolute atomic E-state index is 0.707. The van der Waals surface area contributed by atoms with Gasteiger partial charge in [-0.1, -0.05) is 6.42 Å². The number of hydrogen-bond acceptors (Lipinski definition) is 3. The average molecular weight is 255 g/mol. The molecule has 0 unspecified atom stereocenters. The number of aldehydes is 1. The fourth-order valence-corrected chi connectivity index (χ4v) is 3.19. The van der Waals surface area contributed by atoms with Crippen LogP contribution >= 0.6 is 0 Å². The van der Waals surface area contributed by atoms with Gasteiger partial charge in [0.1, 0.15) is 12.1 Å². The SMILES string of the molecule is O=Cc1ccc2c(c1)nc1n2CCN(C2CCC2)C1. The number of carbonyl (C=O) groups is 1. The van der Waals surface area contributed by atoms with Crippen molar-refractivity contribution in [2.45, 2.75) is 38.4 Å². The highest BCUT2D eigenvalue weighted by molar-refractivity contribution is 5.85. The van der Waals surface area contributed by atoms with Gasteiger partial charge in [-0.3, -0.25) is 9.69 Å². The lowest BCUT2D eigenvalue weighted by molar-refractivity contribution is 0.0966. The molecule has 4 rings (SSSR count). The summed E-state index contributed by atoms with van der Waals surface area (Å²) in [5.74, 6) is 1.15. The third-order valence-electron chi connectivity index (χ3n) is 4.53. The molecule has 2 heterocycles. The Labute approximate surface area is 112 Å². The highest BCUT2D eigenvalue weighted by Crippen LogP contribution is 2.29. The van der Waals surface area contributed by atoms with Crippen molar-refractivity contribution in [3.8, 4) is 0 Å². The van der Waals surface area contributed by atoms with Gasteiger partial charge in [-0.15, -0.1) is 0 Å². The first-order valence-corrected chi connectivity index (χ1v) is 7.03. The van der Waals surface area contributed by atoms with Gasteiger partial charge in [-0.05, 0) is 31.0 Å². The third-order valence-corrected chi connectivity index (χ3v) is 4.53. The van der Waals surface area contributed by atoms with E-state index >= 15 is 0 Å². The van der Waals surface area contributed by atoms with Gasteiger partial charge >= 0.3 is 0 Å². The first-order chi connectivity index (χ1) is 9.35. The Balaban J connectivity index is 1.72. The first-order valence-electron chi connectivity index (χ1n) is 7.03. The van der Waals surface area contributed by atoms with E-state index in [-0.39, 0.29) is 0 Å². The highest BCUT2D eigenvalue weighted by Gasteiger charge is 2.29. The molecule has 0 radical (unpaired) electrons. The number of nitrogens with zero attached hydrogens (tertiary/aromatic N) is 3. The number of imidazole rings is 1. The smallest absolute Gasteiger partial charge is 0.150 e. The summed E-state index contributed by atoms with van der Waals surface area (Å²) in [5, 5.41) is 0. The Morgan fingerprint density at radius 3 is 2.89 bits per heavy atom. The monoisotopic (exact) mass is 255 g/mol. The van der Waals surface area contributed by atoms with E-state index < -0.39 is 0 Å². The van der Waals surface area contributed by atoms with Crippen molar-refractivity contribution in [3.05, 3.63) is 29.6 Å². The minimum atomic E-state index is 0.707. The summed E-state index contributed by atoms with van der Waals surface area (Å²) in [6.45, 7) is 3.09. The normalized spacial score (nSPS) is 20.2. The van der Waals surface area contributed by atoms with Gasteiger partial charge in [0, 0.05) is 24.7 Å². The zero-order valence-corrected chi connectivity index (χ0v) is 10.9. The van der Waals surface area contributed by atoms with Crippen molar-refractivity contribution in [3.63, 3.8) is 0 Å². The van der Waals surface area contributed by atoms with Gasteiger partial charge in [0.05, 0.1) is 17.6 Å². The fraction of sp³-hybridized carbons (Fsp3) is 0.467. The molecule has 2 aliphatic rings. The quantitative estimate of drug-likeness (QED) is 0.772. The van der Waals surface area contributed by atoms with E-state index in [0.29, 0.717) is 5.56 Å². The second-order valence-electron chi connectivity index (χ2n) is 5.60. The molecule has 1 aliphatic carbocycles. The predicted octanol–water partition coefficient (Wildman–Crippen LogP) is 2.22. The molecule has 0 bridgehead atoms. The summed E-state index contributed by atoms with van der Waals surface area (Å²) < 4.78 is 2.30. The molecular formula is C15H17N3O. The first kappa shape index (κ1) is 11.2. The van der Waals surface area contributed by atoms with Crippen LogP contribution in [0.25, 0.3) is 11.0 Å². The highest BCUT2D eigenvalue weighted by atomic mass is 16.1. The van der Waals surface area contributed by atoms with Crippen molar-refractivity contribution in [2.75, 3.05) is 6.54 Å². The van der Waals surface area contributed by atoms with Crippen LogP contribution < -0.4 is 0 Å². The molecule has 1 saturated carbocycles. The Morgan fingerprint density at radius 2 is 2.16 bits per heavy atom. The summed E-state index contributed by atoms with van der Waals surface area (Å²) >= 11 is 0. The van der Waals surface area contributed by atoms with Crippen LogP contribution in [-0.4, -0.2) is 33.3 Å². The Hall–Kier alpha value is -1.68. The summed E-state index contributed by atoms with van der Waals surface area (Å²) in [7, 11) is 0. The number of benzene rings is 1. The largest absolute Gasteiger partial charge is 0.326 e. The number of fused-ring (bicyclic) bond motifs is 3. The van der Waals surface area contributed by atoms with Crippen molar-refractivity contribution in [1.29, 1.82) is 0 Å². The molecule has 1 aliphatic heterocycles. The summed E-state index contributed by atoms with van der Waals surface area (Å²) in [6, 6.07) is 6.57. The zero-order chi connectivity index (χ0) is 12.8. The van der Waals surface area contributed by atoms with Gasteiger partial charge in [0.2, 0.25) is 0 Å². The molecule has 98 valence electrons. The molecule has 19 heavy (non-hydrogen) atoms. The van der Waals surface area contributed by atoms with E-state index in [9.17, 15) is 4.79 Å². The summed E-state index contributed by atoms with van der Waals surface area (Å²) in [5.41, 5.74) is 2.82. The van der Waals surface area contributed by atoms with E-state index in [4.69, 9.17) is 4.98 Å². The molecular weight excluding hydrogens is 238 g/mol. The molecule has 4 heteroatoms. The van der Waals surface area contributed by atoms with Crippen LogP contribution in [0, 0.1) is 0 Å². The van der Waals surface area contributed by atoms with Crippen LogP contribution in [0.3, 0.4) is 0 Å². The van der Waals surface area contributed by atoms with E-state index in [1.807, 2.05) is 18.2 Å². The fourth-order valence-electron chi connectivity index (χ4n) is 3.19. The van der Waals surface area contributed by atoms with Gasteiger partial charge in [-0.25, -0.2) is 4.98 Å². The van der Waals surface area contributed by atoms with Crippen molar-refractivity contribution in [2.24, 2.45) is 0 Å². The minimum Gasteiger partial charge on any atom is -0.326 e. The molecule has 0 saturated heterocycles. The lowest BCUT2D eigenvalue weighted by Gasteiger charge is -2.39. The van der Waals surface area contributed by atoms with Gasteiger partial charge in [0.15, 0.2) is 0 Å².